The van der Waals surface area contributed by atoms with Crippen molar-refractivity contribution in [3.8, 4) is 11.4 Å². The van der Waals surface area contributed by atoms with Crippen LogP contribution in [-0.2, 0) is 0 Å². The summed E-state index contributed by atoms with van der Waals surface area (Å²) in [6.07, 6.45) is 4.88. The van der Waals surface area contributed by atoms with Crippen LogP contribution in [0.4, 0.5) is 0 Å². The number of H-pyrrole nitrogens is 1. The van der Waals surface area contributed by atoms with Crippen LogP contribution in [0.3, 0.4) is 0 Å². The Morgan fingerprint density at radius 3 is 2.87 bits per heavy atom. The Bertz CT molecular complexity index is 820. The fourth-order valence-electron chi connectivity index (χ4n) is 1.99. The minimum atomic E-state index is -0.364. The molecular weight excluding hydrogens is 316 g/mol. The fourth-order valence-corrected chi connectivity index (χ4v) is 2.20. The molecule has 0 fully saturated rings. The molecule has 0 aliphatic carbocycles. The second-order valence-electron chi connectivity index (χ2n) is 4.82. The van der Waals surface area contributed by atoms with Gasteiger partial charge in [-0.25, -0.2) is 9.97 Å². The van der Waals surface area contributed by atoms with E-state index in [9.17, 15) is 4.79 Å². The molecule has 0 saturated carbocycles. The molecule has 8 heteroatoms. The zero-order valence-electron chi connectivity index (χ0n) is 12.2. The zero-order valence-corrected chi connectivity index (χ0v) is 12.9. The fraction of sp³-hybridized carbons (Fsp3) is 0.133. The highest BCUT2D eigenvalue weighted by molar-refractivity contribution is 6.32. The van der Waals surface area contributed by atoms with E-state index in [4.69, 9.17) is 11.6 Å². The van der Waals surface area contributed by atoms with Crippen molar-refractivity contribution in [1.82, 2.24) is 30.5 Å². The number of rotatable bonds is 4. The number of nitrogens with zero attached hydrogens (tertiary/aromatic N) is 4. The third-order valence-corrected chi connectivity index (χ3v) is 3.49. The number of nitrogens with one attached hydrogen (secondary N) is 2. The van der Waals surface area contributed by atoms with E-state index < -0.39 is 0 Å². The Hall–Kier alpha value is -2.80. The van der Waals surface area contributed by atoms with Gasteiger partial charge in [-0.3, -0.25) is 14.9 Å². The van der Waals surface area contributed by atoms with Crippen LogP contribution >= 0.6 is 11.6 Å². The maximum Gasteiger partial charge on any atom is 0.254 e. The number of aromatic nitrogens is 5. The second-order valence-corrected chi connectivity index (χ2v) is 5.18. The van der Waals surface area contributed by atoms with Crippen LogP contribution in [0.2, 0.25) is 5.15 Å². The van der Waals surface area contributed by atoms with Gasteiger partial charge in [-0.05, 0) is 31.2 Å². The van der Waals surface area contributed by atoms with Gasteiger partial charge in [0, 0.05) is 24.2 Å². The van der Waals surface area contributed by atoms with Gasteiger partial charge in [-0.1, -0.05) is 11.6 Å². The molecule has 3 rings (SSSR count). The van der Waals surface area contributed by atoms with Gasteiger partial charge in [-0.15, -0.1) is 0 Å². The van der Waals surface area contributed by atoms with Gasteiger partial charge in [0.25, 0.3) is 5.91 Å². The first-order valence-corrected chi connectivity index (χ1v) is 7.27. The lowest BCUT2D eigenvalue weighted by Crippen LogP contribution is -2.27. The van der Waals surface area contributed by atoms with Crippen molar-refractivity contribution in [1.29, 1.82) is 0 Å². The number of carbonyl (C=O) groups excluding carboxylic acids is 1. The van der Waals surface area contributed by atoms with Crippen LogP contribution in [0.5, 0.6) is 0 Å². The maximum atomic E-state index is 12.2. The van der Waals surface area contributed by atoms with E-state index in [0.29, 0.717) is 17.2 Å². The minimum absolute atomic E-state index is 0.158. The number of amides is 1. The Morgan fingerprint density at radius 1 is 1.30 bits per heavy atom. The molecule has 23 heavy (non-hydrogen) atoms. The molecule has 0 aliphatic rings. The van der Waals surface area contributed by atoms with Crippen LogP contribution < -0.4 is 5.32 Å². The van der Waals surface area contributed by atoms with E-state index in [1.54, 1.807) is 37.5 Å². The molecule has 3 heterocycles. The third-order valence-electron chi connectivity index (χ3n) is 3.18. The average molecular weight is 329 g/mol. The van der Waals surface area contributed by atoms with Gasteiger partial charge < -0.3 is 5.32 Å². The summed E-state index contributed by atoms with van der Waals surface area (Å²) in [7, 11) is 0. The molecule has 7 nitrogen and oxygen atoms in total. The van der Waals surface area contributed by atoms with Crippen LogP contribution in [0.15, 0.2) is 42.9 Å². The summed E-state index contributed by atoms with van der Waals surface area (Å²) in [5.41, 5.74) is 1.11. The second kappa shape index (κ2) is 6.53. The Balaban J connectivity index is 1.74. The first-order chi connectivity index (χ1) is 11.1. The summed E-state index contributed by atoms with van der Waals surface area (Å²) >= 11 is 5.92. The molecule has 1 amide bonds. The zero-order chi connectivity index (χ0) is 16.2. The van der Waals surface area contributed by atoms with Crippen molar-refractivity contribution >= 4 is 17.5 Å². The van der Waals surface area contributed by atoms with Gasteiger partial charge in [0.1, 0.15) is 11.0 Å². The van der Waals surface area contributed by atoms with Crippen LogP contribution in [0, 0.1) is 0 Å². The van der Waals surface area contributed by atoms with Gasteiger partial charge in [0.05, 0.1) is 11.6 Å². The van der Waals surface area contributed by atoms with E-state index in [2.05, 4.69) is 30.5 Å². The van der Waals surface area contributed by atoms with Crippen molar-refractivity contribution in [3.05, 3.63) is 59.4 Å². The quantitative estimate of drug-likeness (QED) is 0.717. The SMILES string of the molecule is CC(NC(=O)c1cccnc1Cl)c1nc(-c2cccnc2)n[nH]1. The van der Waals surface area contributed by atoms with E-state index in [1.807, 2.05) is 6.07 Å². The molecule has 3 aromatic rings. The standard InChI is InChI=1S/C15H13ClN6O/c1-9(19-15(23)11-5-3-7-18-12(11)16)13-20-14(22-21-13)10-4-2-6-17-8-10/h2-9H,1H3,(H,19,23)(H,20,21,22). The number of halogens is 1. The molecule has 1 unspecified atom stereocenters. The van der Waals surface area contributed by atoms with Crippen LogP contribution in [0.25, 0.3) is 11.4 Å². The maximum absolute atomic E-state index is 12.2. The summed E-state index contributed by atoms with van der Waals surface area (Å²) in [6.45, 7) is 1.80. The highest BCUT2D eigenvalue weighted by Gasteiger charge is 2.17. The number of hydrogen-bond donors (Lipinski definition) is 2. The van der Waals surface area contributed by atoms with Gasteiger partial charge in [0.15, 0.2) is 5.82 Å². The monoisotopic (exact) mass is 328 g/mol. The van der Waals surface area contributed by atoms with E-state index in [-0.39, 0.29) is 17.1 Å². The lowest BCUT2D eigenvalue weighted by atomic mass is 10.2. The topological polar surface area (TPSA) is 96.5 Å². The molecule has 0 bridgehead atoms. The molecule has 0 aliphatic heterocycles. The molecule has 3 aromatic heterocycles. The van der Waals surface area contributed by atoms with Gasteiger partial charge in [0.2, 0.25) is 0 Å². The summed E-state index contributed by atoms with van der Waals surface area (Å²) < 4.78 is 0. The van der Waals surface area contributed by atoms with Gasteiger partial charge >= 0.3 is 0 Å². The average Bonchev–Trinajstić information content (AvgIpc) is 3.06. The van der Waals surface area contributed by atoms with Gasteiger partial charge in [-0.2, -0.15) is 5.10 Å². The third kappa shape index (κ3) is 3.35. The minimum Gasteiger partial charge on any atom is -0.342 e. The van der Waals surface area contributed by atoms with Crippen LogP contribution in [-0.4, -0.2) is 31.1 Å². The first kappa shape index (κ1) is 15.1. The predicted octanol–water partition coefficient (Wildman–Crippen LogP) is 2.41. The van der Waals surface area contributed by atoms with Crippen molar-refractivity contribution < 1.29 is 4.79 Å². The predicted molar refractivity (Wildman–Crippen MR) is 84.7 cm³/mol. The molecule has 0 aromatic carbocycles. The largest absolute Gasteiger partial charge is 0.342 e. The smallest absolute Gasteiger partial charge is 0.254 e. The Kier molecular flexibility index (Phi) is 4.29. The molecule has 2 N–H and O–H groups in total. The number of hydrogen-bond acceptors (Lipinski definition) is 5. The Labute approximate surface area is 137 Å². The van der Waals surface area contributed by atoms with Crippen molar-refractivity contribution in [3.63, 3.8) is 0 Å². The van der Waals surface area contributed by atoms with Crippen LogP contribution in [0.1, 0.15) is 29.1 Å². The van der Waals surface area contributed by atoms with E-state index >= 15 is 0 Å². The normalized spacial score (nSPS) is 11.9. The summed E-state index contributed by atoms with van der Waals surface area (Å²) in [5.74, 6) is 0.737. The van der Waals surface area contributed by atoms with Crippen molar-refractivity contribution in [2.75, 3.05) is 0 Å². The summed E-state index contributed by atoms with van der Waals surface area (Å²) in [4.78, 5) is 24.5. The highest BCUT2D eigenvalue weighted by Crippen LogP contribution is 2.17. The highest BCUT2D eigenvalue weighted by atomic mass is 35.5. The number of aromatic amines is 1. The van der Waals surface area contributed by atoms with E-state index in [1.165, 1.54) is 6.20 Å². The molecular formula is C15H13ClN6O. The lowest BCUT2D eigenvalue weighted by Gasteiger charge is -2.11. The lowest BCUT2D eigenvalue weighted by molar-refractivity contribution is 0.0938. The number of carbonyl (C=O) groups is 1. The number of pyridine rings is 2. The Morgan fingerprint density at radius 2 is 2.13 bits per heavy atom. The van der Waals surface area contributed by atoms with Crippen molar-refractivity contribution in [2.45, 2.75) is 13.0 Å². The molecule has 0 spiro atoms. The summed E-state index contributed by atoms with van der Waals surface area (Å²) in [5, 5.41) is 9.93. The molecule has 1 atom stereocenters. The van der Waals surface area contributed by atoms with Crippen molar-refractivity contribution in [2.24, 2.45) is 0 Å². The first-order valence-electron chi connectivity index (χ1n) is 6.89. The molecule has 0 radical (unpaired) electrons. The molecule has 0 saturated heterocycles. The molecule has 116 valence electrons. The summed E-state index contributed by atoms with van der Waals surface area (Å²) in [6, 6.07) is 6.57. The van der Waals surface area contributed by atoms with E-state index in [0.717, 1.165) is 5.56 Å².